The molecule has 0 radical (unpaired) electrons. The largest absolute Gasteiger partial charge is 0.416 e. The van der Waals surface area contributed by atoms with Crippen molar-refractivity contribution in [3.8, 4) is 0 Å². The lowest BCUT2D eigenvalue weighted by Gasteiger charge is -2.34. The molecule has 2 N–H and O–H groups in total. The lowest BCUT2D eigenvalue weighted by atomic mass is 10.1. The Kier molecular flexibility index (Phi) is 4.90. The Hall–Kier alpha value is -2.91. The van der Waals surface area contributed by atoms with E-state index in [1.165, 1.54) is 17.0 Å². The van der Waals surface area contributed by atoms with Crippen molar-refractivity contribution in [2.75, 3.05) is 18.0 Å². The highest BCUT2D eigenvalue weighted by Crippen LogP contribution is 2.29. The number of anilines is 1. The van der Waals surface area contributed by atoms with Crippen LogP contribution in [0.5, 0.6) is 0 Å². The highest BCUT2D eigenvalue weighted by Gasteiger charge is 2.30. The van der Waals surface area contributed by atoms with Gasteiger partial charge in [-0.25, -0.2) is 9.37 Å². The Morgan fingerprint density at radius 3 is 2.48 bits per heavy atom. The summed E-state index contributed by atoms with van der Waals surface area (Å²) in [6.07, 6.45) is -5.45. The van der Waals surface area contributed by atoms with Gasteiger partial charge >= 0.3 is 6.18 Å². The molecule has 2 aromatic rings. The third-order valence-electron chi connectivity index (χ3n) is 4.18. The van der Waals surface area contributed by atoms with E-state index in [1.807, 2.05) is 0 Å². The summed E-state index contributed by atoms with van der Waals surface area (Å²) in [5, 5.41) is 2.58. The van der Waals surface area contributed by atoms with Crippen molar-refractivity contribution in [2.24, 2.45) is 0 Å². The molecule has 6 nitrogen and oxygen atoms in total. The standard InChI is InChI=1S/C17H16F4N4O2/c1-9(10-2-4-11(5-3-10)17(19,20)21)22-15(27)13-6-14(26)24-16(23-13)25-7-12(18)8-25/h2-6,9,12H,7-8H2,1H3,(H,22,27)(H,23,24,26). The molecule has 27 heavy (non-hydrogen) atoms. The predicted molar refractivity (Wildman–Crippen MR) is 89.3 cm³/mol. The third kappa shape index (κ3) is 4.26. The van der Waals surface area contributed by atoms with Gasteiger partial charge in [-0.05, 0) is 24.6 Å². The molecule has 144 valence electrons. The molecule has 0 bridgehead atoms. The van der Waals surface area contributed by atoms with E-state index < -0.39 is 35.4 Å². The number of alkyl halides is 4. The zero-order valence-corrected chi connectivity index (χ0v) is 14.2. The number of H-pyrrole nitrogens is 1. The van der Waals surface area contributed by atoms with Crippen LogP contribution in [-0.4, -0.2) is 35.1 Å². The number of benzene rings is 1. The molecule has 2 heterocycles. The summed E-state index contributed by atoms with van der Waals surface area (Å²) in [5.41, 5.74) is -1.04. The molecule has 1 fully saturated rings. The van der Waals surface area contributed by atoms with Crippen LogP contribution in [0.25, 0.3) is 0 Å². The normalized spacial score (nSPS) is 16.0. The summed E-state index contributed by atoms with van der Waals surface area (Å²) >= 11 is 0. The van der Waals surface area contributed by atoms with Gasteiger partial charge in [0, 0.05) is 6.07 Å². The molecule has 1 aromatic carbocycles. The van der Waals surface area contributed by atoms with Gasteiger partial charge in [0.15, 0.2) is 0 Å². The summed E-state index contributed by atoms with van der Waals surface area (Å²) in [6, 6.07) is 4.80. The van der Waals surface area contributed by atoms with Crippen LogP contribution >= 0.6 is 0 Å². The molecule has 3 rings (SSSR count). The molecule has 1 amide bonds. The summed E-state index contributed by atoms with van der Waals surface area (Å²) in [5.74, 6) is -0.559. The van der Waals surface area contributed by atoms with Crippen LogP contribution in [0.15, 0.2) is 35.1 Å². The van der Waals surface area contributed by atoms with Crippen LogP contribution in [0, 0.1) is 0 Å². The number of hydrogen-bond donors (Lipinski definition) is 2. The van der Waals surface area contributed by atoms with E-state index in [0.717, 1.165) is 18.2 Å². The maximum atomic E-state index is 13.0. The smallest absolute Gasteiger partial charge is 0.344 e. The lowest BCUT2D eigenvalue weighted by Crippen LogP contribution is -2.50. The summed E-state index contributed by atoms with van der Waals surface area (Å²) in [7, 11) is 0. The number of nitrogens with one attached hydrogen (secondary N) is 2. The monoisotopic (exact) mass is 384 g/mol. The molecule has 0 aliphatic carbocycles. The van der Waals surface area contributed by atoms with E-state index in [4.69, 9.17) is 0 Å². The second-order valence-electron chi connectivity index (χ2n) is 6.27. The Morgan fingerprint density at radius 2 is 1.93 bits per heavy atom. The molecule has 0 spiro atoms. The predicted octanol–water partition coefficient (Wildman–Crippen LogP) is 2.44. The topological polar surface area (TPSA) is 78.1 Å². The zero-order valence-electron chi connectivity index (χ0n) is 14.2. The fourth-order valence-electron chi connectivity index (χ4n) is 2.62. The molecule has 1 unspecified atom stereocenters. The maximum Gasteiger partial charge on any atom is 0.416 e. The van der Waals surface area contributed by atoms with Gasteiger partial charge in [-0.1, -0.05) is 12.1 Å². The molecule has 0 saturated carbocycles. The van der Waals surface area contributed by atoms with Crippen LogP contribution in [0.3, 0.4) is 0 Å². The van der Waals surface area contributed by atoms with Gasteiger partial charge in [-0.3, -0.25) is 14.6 Å². The fraction of sp³-hybridized carbons (Fsp3) is 0.353. The Morgan fingerprint density at radius 1 is 1.30 bits per heavy atom. The lowest BCUT2D eigenvalue weighted by molar-refractivity contribution is -0.137. The van der Waals surface area contributed by atoms with Crippen LogP contribution in [0.2, 0.25) is 0 Å². The Bertz CT molecular complexity index is 889. The first-order chi connectivity index (χ1) is 12.6. The average molecular weight is 384 g/mol. The van der Waals surface area contributed by atoms with E-state index in [1.54, 1.807) is 6.92 Å². The second kappa shape index (κ2) is 7.01. The van der Waals surface area contributed by atoms with Crippen molar-refractivity contribution in [3.63, 3.8) is 0 Å². The molecule has 10 heteroatoms. The van der Waals surface area contributed by atoms with Gasteiger partial charge in [0.2, 0.25) is 5.95 Å². The molecule has 1 aliphatic rings. The average Bonchev–Trinajstić information content (AvgIpc) is 2.57. The van der Waals surface area contributed by atoms with E-state index >= 15 is 0 Å². The highest BCUT2D eigenvalue weighted by atomic mass is 19.4. The molecular formula is C17H16F4N4O2. The van der Waals surface area contributed by atoms with E-state index in [-0.39, 0.29) is 24.7 Å². The summed E-state index contributed by atoms with van der Waals surface area (Å²) in [6.45, 7) is 1.75. The number of hydrogen-bond acceptors (Lipinski definition) is 4. The second-order valence-corrected chi connectivity index (χ2v) is 6.27. The van der Waals surface area contributed by atoms with Gasteiger partial charge in [-0.15, -0.1) is 0 Å². The van der Waals surface area contributed by atoms with E-state index in [0.29, 0.717) is 5.56 Å². The Balaban J connectivity index is 1.72. The van der Waals surface area contributed by atoms with Crippen LogP contribution in [0.4, 0.5) is 23.5 Å². The van der Waals surface area contributed by atoms with Crippen LogP contribution < -0.4 is 15.8 Å². The SMILES string of the molecule is CC(NC(=O)c1cc(=O)[nH]c(N2CC(F)C2)n1)c1ccc(C(F)(F)F)cc1. The first-order valence-corrected chi connectivity index (χ1v) is 8.12. The number of amides is 1. The quantitative estimate of drug-likeness (QED) is 0.794. The number of nitrogens with zero attached hydrogens (tertiary/aromatic N) is 2. The Labute approximate surface area is 151 Å². The number of aromatic amines is 1. The van der Waals surface area contributed by atoms with Crippen molar-refractivity contribution < 1.29 is 22.4 Å². The highest BCUT2D eigenvalue weighted by molar-refractivity contribution is 5.92. The van der Waals surface area contributed by atoms with Gasteiger partial charge in [-0.2, -0.15) is 13.2 Å². The van der Waals surface area contributed by atoms with Crippen molar-refractivity contribution >= 4 is 11.9 Å². The van der Waals surface area contributed by atoms with Crippen molar-refractivity contribution in [1.29, 1.82) is 0 Å². The number of carbonyl (C=O) groups excluding carboxylic acids is 1. The van der Waals surface area contributed by atoms with E-state index in [2.05, 4.69) is 15.3 Å². The molecule has 1 atom stereocenters. The van der Waals surface area contributed by atoms with Gasteiger partial charge in [0.05, 0.1) is 24.7 Å². The molecule has 1 aromatic heterocycles. The maximum absolute atomic E-state index is 13.0. The van der Waals surface area contributed by atoms with Gasteiger partial charge in [0.25, 0.3) is 11.5 Å². The number of halogens is 4. The van der Waals surface area contributed by atoms with Crippen LogP contribution in [-0.2, 0) is 6.18 Å². The molecule has 1 saturated heterocycles. The molecule has 1 aliphatic heterocycles. The van der Waals surface area contributed by atoms with Crippen molar-refractivity contribution in [2.45, 2.75) is 25.3 Å². The third-order valence-corrected chi connectivity index (χ3v) is 4.18. The number of aromatic nitrogens is 2. The van der Waals surface area contributed by atoms with Crippen LogP contribution in [0.1, 0.15) is 34.6 Å². The minimum absolute atomic E-state index is 0.0793. The van der Waals surface area contributed by atoms with Crippen molar-refractivity contribution in [1.82, 2.24) is 15.3 Å². The minimum Gasteiger partial charge on any atom is -0.344 e. The van der Waals surface area contributed by atoms with Gasteiger partial charge in [0.1, 0.15) is 11.9 Å². The molecular weight excluding hydrogens is 368 g/mol. The summed E-state index contributed by atoms with van der Waals surface area (Å²) < 4.78 is 50.8. The minimum atomic E-state index is -4.44. The fourth-order valence-corrected chi connectivity index (χ4v) is 2.62. The van der Waals surface area contributed by atoms with Crippen molar-refractivity contribution in [3.05, 3.63) is 57.5 Å². The summed E-state index contributed by atoms with van der Waals surface area (Å²) in [4.78, 5) is 32.0. The first-order valence-electron chi connectivity index (χ1n) is 8.12. The number of carbonyl (C=O) groups is 1. The van der Waals surface area contributed by atoms with Gasteiger partial charge < -0.3 is 10.2 Å². The number of rotatable bonds is 4. The van der Waals surface area contributed by atoms with E-state index in [9.17, 15) is 27.2 Å². The zero-order chi connectivity index (χ0) is 19.8. The first kappa shape index (κ1) is 18.9.